The molecular formula is C15H14ClNO2. The number of rotatable bonds is 4. The lowest BCUT2D eigenvalue weighted by molar-refractivity contribution is -0.137. The van der Waals surface area contributed by atoms with Crippen LogP contribution in [0.3, 0.4) is 0 Å². The van der Waals surface area contributed by atoms with Crippen LogP contribution in [-0.4, -0.2) is 11.1 Å². The van der Waals surface area contributed by atoms with Crippen LogP contribution in [0.1, 0.15) is 18.0 Å². The lowest BCUT2D eigenvalue weighted by atomic mass is 9.94. The van der Waals surface area contributed by atoms with Crippen LogP contribution in [0.4, 0.5) is 0 Å². The summed E-state index contributed by atoms with van der Waals surface area (Å²) in [5.41, 5.74) is 8.69. The summed E-state index contributed by atoms with van der Waals surface area (Å²) in [4.78, 5) is 10.8. The summed E-state index contributed by atoms with van der Waals surface area (Å²) in [5.74, 6) is -0.904. The molecule has 0 aromatic heterocycles. The van der Waals surface area contributed by atoms with Gasteiger partial charge in [0.05, 0.1) is 6.42 Å². The lowest BCUT2D eigenvalue weighted by Gasteiger charge is -2.15. The molecule has 19 heavy (non-hydrogen) atoms. The topological polar surface area (TPSA) is 63.3 Å². The number of aliphatic carboxylic acids is 1. The van der Waals surface area contributed by atoms with Gasteiger partial charge < -0.3 is 10.8 Å². The molecule has 1 atom stereocenters. The summed E-state index contributed by atoms with van der Waals surface area (Å²) < 4.78 is 0. The van der Waals surface area contributed by atoms with Gasteiger partial charge in [0.2, 0.25) is 0 Å². The van der Waals surface area contributed by atoms with Gasteiger partial charge in [-0.2, -0.15) is 0 Å². The van der Waals surface area contributed by atoms with Crippen LogP contribution in [0.5, 0.6) is 0 Å². The number of hydrogen-bond donors (Lipinski definition) is 2. The first kappa shape index (κ1) is 13.6. The maximum absolute atomic E-state index is 10.8. The molecule has 0 aliphatic carbocycles. The molecule has 0 aliphatic rings. The molecule has 0 spiro atoms. The van der Waals surface area contributed by atoms with E-state index in [4.69, 9.17) is 22.4 Å². The Bertz CT molecular complexity index is 581. The second-order valence-corrected chi connectivity index (χ2v) is 4.73. The summed E-state index contributed by atoms with van der Waals surface area (Å²) in [6, 6.07) is 14.4. The third-order valence-corrected chi connectivity index (χ3v) is 3.16. The zero-order chi connectivity index (χ0) is 13.8. The van der Waals surface area contributed by atoms with Crippen molar-refractivity contribution in [2.75, 3.05) is 0 Å². The van der Waals surface area contributed by atoms with Gasteiger partial charge in [-0.1, -0.05) is 48.0 Å². The first-order valence-corrected chi connectivity index (χ1v) is 6.28. The Morgan fingerprint density at radius 1 is 1.16 bits per heavy atom. The largest absolute Gasteiger partial charge is 0.481 e. The highest BCUT2D eigenvalue weighted by Crippen LogP contribution is 2.29. The van der Waals surface area contributed by atoms with Gasteiger partial charge in [-0.25, -0.2) is 0 Å². The molecule has 3 nitrogen and oxygen atoms in total. The average Bonchev–Trinajstić information content (AvgIpc) is 2.39. The van der Waals surface area contributed by atoms with Gasteiger partial charge in [0.25, 0.3) is 0 Å². The summed E-state index contributed by atoms with van der Waals surface area (Å²) in [5, 5.41) is 9.51. The molecule has 0 bridgehead atoms. The maximum atomic E-state index is 10.8. The zero-order valence-corrected chi connectivity index (χ0v) is 11.0. The second-order valence-electron chi connectivity index (χ2n) is 4.30. The van der Waals surface area contributed by atoms with Crippen LogP contribution < -0.4 is 5.73 Å². The van der Waals surface area contributed by atoms with Crippen LogP contribution in [0.25, 0.3) is 11.1 Å². The summed E-state index contributed by atoms with van der Waals surface area (Å²) in [6.07, 6.45) is -0.0927. The van der Waals surface area contributed by atoms with Gasteiger partial charge in [-0.05, 0) is 28.8 Å². The fourth-order valence-corrected chi connectivity index (χ4v) is 2.14. The molecule has 0 saturated carbocycles. The Kier molecular flexibility index (Phi) is 4.20. The summed E-state index contributed by atoms with van der Waals surface area (Å²) >= 11 is 5.87. The van der Waals surface area contributed by atoms with Crippen LogP contribution in [0.2, 0.25) is 5.02 Å². The first-order valence-electron chi connectivity index (χ1n) is 5.90. The van der Waals surface area contributed by atoms with E-state index in [0.29, 0.717) is 5.02 Å². The van der Waals surface area contributed by atoms with Crippen molar-refractivity contribution in [1.82, 2.24) is 0 Å². The number of carbonyl (C=O) groups is 1. The highest BCUT2D eigenvalue weighted by atomic mass is 35.5. The Balaban J connectivity index is 2.40. The van der Waals surface area contributed by atoms with Crippen molar-refractivity contribution < 1.29 is 9.90 Å². The van der Waals surface area contributed by atoms with Gasteiger partial charge in [0, 0.05) is 11.1 Å². The van der Waals surface area contributed by atoms with Crippen LogP contribution in [0, 0.1) is 0 Å². The van der Waals surface area contributed by atoms with E-state index in [1.807, 2.05) is 36.4 Å². The number of carboxylic acid groups (broad SMARTS) is 1. The Labute approximate surface area is 116 Å². The minimum absolute atomic E-state index is 0.0927. The molecule has 3 N–H and O–H groups in total. The molecule has 0 saturated heterocycles. The van der Waals surface area contributed by atoms with Crippen molar-refractivity contribution >= 4 is 17.6 Å². The van der Waals surface area contributed by atoms with E-state index < -0.39 is 12.0 Å². The fourth-order valence-electron chi connectivity index (χ4n) is 2.01. The number of carboxylic acids is 1. The van der Waals surface area contributed by atoms with E-state index in [2.05, 4.69) is 0 Å². The SMILES string of the molecule is NC(CC(=O)O)c1ccccc1-c1ccc(Cl)cc1. The van der Waals surface area contributed by atoms with Crippen LogP contribution >= 0.6 is 11.6 Å². The minimum atomic E-state index is -0.904. The van der Waals surface area contributed by atoms with Crippen LogP contribution in [-0.2, 0) is 4.79 Å². The van der Waals surface area contributed by atoms with Gasteiger partial charge in [0.1, 0.15) is 0 Å². The highest BCUT2D eigenvalue weighted by molar-refractivity contribution is 6.30. The molecule has 0 amide bonds. The number of nitrogens with two attached hydrogens (primary N) is 1. The third-order valence-electron chi connectivity index (χ3n) is 2.91. The predicted octanol–water partition coefficient (Wildman–Crippen LogP) is 3.48. The molecular weight excluding hydrogens is 262 g/mol. The van der Waals surface area contributed by atoms with E-state index >= 15 is 0 Å². The number of hydrogen-bond acceptors (Lipinski definition) is 2. The van der Waals surface area contributed by atoms with Gasteiger partial charge in [-0.3, -0.25) is 4.79 Å². The first-order chi connectivity index (χ1) is 9.08. The second kappa shape index (κ2) is 5.87. The fraction of sp³-hybridized carbons (Fsp3) is 0.133. The van der Waals surface area contributed by atoms with Gasteiger partial charge in [0.15, 0.2) is 0 Å². The van der Waals surface area contributed by atoms with Crippen molar-refractivity contribution in [1.29, 1.82) is 0 Å². The molecule has 0 fully saturated rings. The molecule has 2 rings (SSSR count). The molecule has 0 radical (unpaired) electrons. The van der Waals surface area contributed by atoms with E-state index in [1.54, 1.807) is 12.1 Å². The highest BCUT2D eigenvalue weighted by Gasteiger charge is 2.14. The lowest BCUT2D eigenvalue weighted by Crippen LogP contribution is -2.15. The monoisotopic (exact) mass is 275 g/mol. The van der Waals surface area contributed by atoms with E-state index in [0.717, 1.165) is 16.7 Å². The van der Waals surface area contributed by atoms with Gasteiger partial charge in [-0.15, -0.1) is 0 Å². The standard InChI is InChI=1S/C15H14ClNO2/c16-11-7-5-10(6-8-11)12-3-1-2-4-13(12)14(17)9-15(18)19/h1-8,14H,9,17H2,(H,18,19). The summed E-state index contributed by atoms with van der Waals surface area (Å²) in [6.45, 7) is 0. The molecule has 2 aromatic carbocycles. The van der Waals surface area contributed by atoms with Crippen molar-refractivity contribution in [3.63, 3.8) is 0 Å². The molecule has 1 unspecified atom stereocenters. The smallest absolute Gasteiger partial charge is 0.305 e. The van der Waals surface area contributed by atoms with Crippen molar-refractivity contribution in [2.45, 2.75) is 12.5 Å². The zero-order valence-electron chi connectivity index (χ0n) is 10.2. The number of benzene rings is 2. The van der Waals surface area contributed by atoms with Crippen molar-refractivity contribution in [3.8, 4) is 11.1 Å². The quantitative estimate of drug-likeness (QED) is 0.898. The van der Waals surface area contributed by atoms with Crippen molar-refractivity contribution in [3.05, 3.63) is 59.1 Å². The number of halogens is 1. The van der Waals surface area contributed by atoms with Crippen LogP contribution in [0.15, 0.2) is 48.5 Å². The normalized spacial score (nSPS) is 12.1. The Morgan fingerprint density at radius 2 is 1.79 bits per heavy atom. The minimum Gasteiger partial charge on any atom is -0.481 e. The maximum Gasteiger partial charge on any atom is 0.305 e. The Morgan fingerprint density at radius 3 is 2.42 bits per heavy atom. The predicted molar refractivity (Wildman–Crippen MR) is 76.1 cm³/mol. The molecule has 4 heteroatoms. The molecule has 0 heterocycles. The van der Waals surface area contributed by atoms with E-state index in [1.165, 1.54) is 0 Å². The third kappa shape index (κ3) is 3.34. The molecule has 98 valence electrons. The van der Waals surface area contributed by atoms with E-state index in [9.17, 15) is 4.79 Å². The van der Waals surface area contributed by atoms with Gasteiger partial charge >= 0.3 is 5.97 Å². The Hall–Kier alpha value is -1.84. The molecule has 2 aromatic rings. The summed E-state index contributed by atoms with van der Waals surface area (Å²) in [7, 11) is 0. The molecule has 0 aliphatic heterocycles. The average molecular weight is 276 g/mol. The van der Waals surface area contributed by atoms with E-state index in [-0.39, 0.29) is 6.42 Å². The van der Waals surface area contributed by atoms with Crippen molar-refractivity contribution in [2.24, 2.45) is 5.73 Å².